The highest BCUT2D eigenvalue weighted by atomic mass is 19.1. The number of benzene rings is 2. The Bertz CT molecular complexity index is 1080. The predicted molar refractivity (Wildman–Crippen MR) is 101 cm³/mol. The Hall–Kier alpha value is -3.48. The number of rotatable bonds is 6. The number of halogens is 1. The van der Waals surface area contributed by atoms with E-state index < -0.39 is 0 Å². The fraction of sp³-hybridized carbons (Fsp3) is 0.150. The summed E-state index contributed by atoms with van der Waals surface area (Å²) in [5.41, 5.74) is 1.98. The van der Waals surface area contributed by atoms with Crippen LogP contribution in [0.5, 0.6) is 5.75 Å². The molecule has 2 aromatic heterocycles. The van der Waals surface area contributed by atoms with E-state index in [1.54, 1.807) is 24.3 Å². The van der Waals surface area contributed by atoms with E-state index in [0.29, 0.717) is 36.0 Å². The third-order valence-corrected chi connectivity index (χ3v) is 4.06. The van der Waals surface area contributed by atoms with Crippen molar-refractivity contribution in [2.45, 2.75) is 13.5 Å². The monoisotopic (exact) mass is 363 g/mol. The molecule has 1 N–H and O–H groups in total. The first kappa shape index (κ1) is 17.0. The van der Waals surface area contributed by atoms with E-state index in [2.05, 4.69) is 20.6 Å². The summed E-state index contributed by atoms with van der Waals surface area (Å²) in [6, 6.07) is 17.9. The van der Waals surface area contributed by atoms with Crippen molar-refractivity contribution < 1.29 is 9.13 Å². The zero-order valence-electron chi connectivity index (χ0n) is 14.8. The lowest BCUT2D eigenvalue weighted by Crippen LogP contribution is -2.05. The first-order valence-electron chi connectivity index (χ1n) is 8.67. The standard InChI is InChI=1S/C20H18FN5O/c1-2-27-15-7-5-6-14(12-15)13-22-18-10-11-19-23-24-20(26(19)25-18)16-8-3-4-9-17(16)21/h3-12H,2,13H2,1H3,(H,22,25). The van der Waals surface area contributed by atoms with E-state index in [0.717, 1.165) is 11.3 Å². The minimum Gasteiger partial charge on any atom is -0.494 e. The van der Waals surface area contributed by atoms with Crippen LogP contribution in [0.25, 0.3) is 17.0 Å². The average molecular weight is 363 g/mol. The van der Waals surface area contributed by atoms with Gasteiger partial charge in [-0.3, -0.25) is 0 Å². The topological polar surface area (TPSA) is 64.3 Å². The van der Waals surface area contributed by atoms with Gasteiger partial charge in [-0.15, -0.1) is 15.3 Å². The van der Waals surface area contributed by atoms with Crippen LogP contribution in [0.1, 0.15) is 12.5 Å². The van der Waals surface area contributed by atoms with Crippen LogP contribution >= 0.6 is 0 Å². The number of nitrogens with zero attached hydrogens (tertiary/aromatic N) is 4. The molecule has 0 saturated carbocycles. The zero-order valence-corrected chi connectivity index (χ0v) is 14.8. The van der Waals surface area contributed by atoms with Gasteiger partial charge in [0.15, 0.2) is 11.5 Å². The molecule has 0 aliphatic carbocycles. The van der Waals surface area contributed by atoms with Gasteiger partial charge in [0.25, 0.3) is 0 Å². The third kappa shape index (κ3) is 3.57. The van der Waals surface area contributed by atoms with E-state index in [1.165, 1.54) is 10.6 Å². The second-order valence-electron chi connectivity index (χ2n) is 5.93. The molecule has 0 atom stereocenters. The van der Waals surface area contributed by atoms with Gasteiger partial charge >= 0.3 is 0 Å². The van der Waals surface area contributed by atoms with Gasteiger partial charge in [0.05, 0.1) is 12.2 Å². The number of nitrogens with one attached hydrogen (secondary N) is 1. The lowest BCUT2D eigenvalue weighted by Gasteiger charge is -2.09. The number of aromatic nitrogens is 4. The van der Waals surface area contributed by atoms with Crippen molar-refractivity contribution in [2.75, 3.05) is 11.9 Å². The minimum absolute atomic E-state index is 0.360. The summed E-state index contributed by atoms with van der Waals surface area (Å²) in [6.07, 6.45) is 0. The molecule has 7 heteroatoms. The fourth-order valence-electron chi connectivity index (χ4n) is 2.80. The van der Waals surface area contributed by atoms with Gasteiger partial charge in [-0.1, -0.05) is 24.3 Å². The average Bonchev–Trinajstić information content (AvgIpc) is 3.10. The number of ether oxygens (including phenoxy) is 1. The molecule has 0 saturated heterocycles. The quantitative estimate of drug-likeness (QED) is 0.562. The van der Waals surface area contributed by atoms with Crippen LogP contribution in [0.2, 0.25) is 0 Å². The highest BCUT2D eigenvalue weighted by Crippen LogP contribution is 2.21. The molecule has 6 nitrogen and oxygen atoms in total. The Morgan fingerprint density at radius 2 is 1.93 bits per heavy atom. The molecule has 4 aromatic rings. The van der Waals surface area contributed by atoms with E-state index in [-0.39, 0.29) is 5.82 Å². The van der Waals surface area contributed by atoms with Gasteiger partial charge in [0.2, 0.25) is 0 Å². The molecule has 0 bridgehead atoms. The molecule has 0 radical (unpaired) electrons. The smallest absolute Gasteiger partial charge is 0.188 e. The maximum absolute atomic E-state index is 14.1. The molecule has 0 unspecified atom stereocenters. The normalized spacial score (nSPS) is 10.9. The lowest BCUT2D eigenvalue weighted by atomic mass is 10.2. The van der Waals surface area contributed by atoms with Crippen molar-refractivity contribution >= 4 is 11.5 Å². The molecule has 0 spiro atoms. The third-order valence-electron chi connectivity index (χ3n) is 4.06. The molecule has 0 amide bonds. The van der Waals surface area contributed by atoms with Gasteiger partial charge in [-0.2, -0.15) is 4.52 Å². The first-order valence-corrected chi connectivity index (χ1v) is 8.67. The van der Waals surface area contributed by atoms with Crippen LogP contribution in [0.3, 0.4) is 0 Å². The molecule has 0 fully saturated rings. The number of anilines is 1. The highest BCUT2D eigenvalue weighted by Gasteiger charge is 2.13. The van der Waals surface area contributed by atoms with E-state index >= 15 is 0 Å². The largest absolute Gasteiger partial charge is 0.494 e. The molecular formula is C20H18FN5O. The summed E-state index contributed by atoms with van der Waals surface area (Å²) in [7, 11) is 0. The summed E-state index contributed by atoms with van der Waals surface area (Å²) < 4.78 is 21.2. The molecule has 2 aromatic carbocycles. The van der Waals surface area contributed by atoms with Crippen molar-refractivity contribution in [3.8, 4) is 17.1 Å². The minimum atomic E-state index is -0.361. The van der Waals surface area contributed by atoms with Crippen molar-refractivity contribution in [2.24, 2.45) is 0 Å². The molecule has 27 heavy (non-hydrogen) atoms. The van der Waals surface area contributed by atoms with Crippen LogP contribution in [0.4, 0.5) is 10.2 Å². The van der Waals surface area contributed by atoms with E-state index in [1.807, 2.05) is 37.3 Å². The highest BCUT2D eigenvalue weighted by molar-refractivity contribution is 5.60. The summed E-state index contributed by atoms with van der Waals surface area (Å²) in [6.45, 7) is 3.16. The van der Waals surface area contributed by atoms with E-state index in [4.69, 9.17) is 4.74 Å². The lowest BCUT2D eigenvalue weighted by molar-refractivity contribution is 0.340. The van der Waals surface area contributed by atoms with E-state index in [9.17, 15) is 4.39 Å². The molecule has 4 rings (SSSR count). The summed E-state index contributed by atoms with van der Waals surface area (Å²) in [5.74, 6) is 1.48. The Labute approximate surface area is 155 Å². The predicted octanol–water partition coefficient (Wildman–Crippen LogP) is 3.94. The molecule has 136 valence electrons. The Balaban J connectivity index is 1.59. The van der Waals surface area contributed by atoms with Crippen molar-refractivity contribution in [1.82, 2.24) is 19.8 Å². The van der Waals surface area contributed by atoms with Gasteiger partial charge in [0.1, 0.15) is 17.4 Å². The number of hydrogen-bond donors (Lipinski definition) is 1. The van der Waals surface area contributed by atoms with Gasteiger partial charge < -0.3 is 10.1 Å². The van der Waals surface area contributed by atoms with Gasteiger partial charge in [0, 0.05) is 6.54 Å². The Kier molecular flexibility index (Phi) is 4.65. The maximum Gasteiger partial charge on any atom is 0.188 e. The van der Waals surface area contributed by atoms with Crippen LogP contribution in [-0.4, -0.2) is 26.4 Å². The second kappa shape index (κ2) is 7.41. The van der Waals surface area contributed by atoms with Gasteiger partial charge in [-0.25, -0.2) is 4.39 Å². The number of hydrogen-bond acceptors (Lipinski definition) is 5. The van der Waals surface area contributed by atoms with Crippen LogP contribution in [0, 0.1) is 5.82 Å². The van der Waals surface area contributed by atoms with Crippen LogP contribution in [-0.2, 0) is 6.54 Å². The van der Waals surface area contributed by atoms with Gasteiger partial charge in [-0.05, 0) is 48.9 Å². The number of fused-ring (bicyclic) bond motifs is 1. The first-order chi connectivity index (χ1) is 13.2. The molecule has 0 aliphatic heterocycles. The van der Waals surface area contributed by atoms with Crippen LogP contribution in [0.15, 0.2) is 60.7 Å². The van der Waals surface area contributed by atoms with Crippen molar-refractivity contribution in [3.63, 3.8) is 0 Å². The summed E-state index contributed by atoms with van der Waals surface area (Å²) in [5, 5.41) is 15.9. The molecule has 0 aliphatic rings. The summed E-state index contributed by atoms with van der Waals surface area (Å²) in [4.78, 5) is 0. The zero-order chi connectivity index (χ0) is 18.6. The Morgan fingerprint density at radius 3 is 2.78 bits per heavy atom. The van der Waals surface area contributed by atoms with Crippen LogP contribution < -0.4 is 10.1 Å². The summed E-state index contributed by atoms with van der Waals surface area (Å²) >= 11 is 0. The SMILES string of the molecule is CCOc1cccc(CNc2ccc3nnc(-c4ccccc4F)n3n2)c1. The van der Waals surface area contributed by atoms with Crippen molar-refractivity contribution in [3.05, 3.63) is 72.0 Å². The fourth-order valence-corrected chi connectivity index (χ4v) is 2.80. The van der Waals surface area contributed by atoms with Crippen molar-refractivity contribution in [1.29, 1.82) is 0 Å². The molecule has 2 heterocycles. The Morgan fingerprint density at radius 1 is 1.04 bits per heavy atom. The maximum atomic E-state index is 14.1. The molecular weight excluding hydrogens is 345 g/mol. The second-order valence-corrected chi connectivity index (χ2v) is 5.93.